The standard InChI is InChI=1S/C6H10N2.CH4O/c1-8-3-2-6(4-7)5-8;1-2/h6H,2-3,5H2,1H3;2H,1H3. The zero-order valence-corrected chi connectivity index (χ0v) is 6.54. The highest BCUT2D eigenvalue weighted by Gasteiger charge is 2.17. The molecule has 0 radical (unpaired) electrons. The Balaban J connectivity index is 0.000000371. The molecule has 1 fully saturated rings. The van der Waals surface area contributed by atoms with Crippen molar-refractivity contribution in [2.24, 2.45) is 5.92 Å². The van der Waals surface area contributed by atoms with E-state index < -0.39 is 0 Å². The molecule has 0 aliphatic carbocycles. The van der Waals surface area contributed by atoms with E-state index in [1.165, 1.54) is 0 Å². The van der Waals surface area contributed by atoms with Crippen LogP contribution in [0.5, 0.6) is 0 Å². The predicted molar refractivity (Wildman–Crippen MR) is 39.4 cm³/mol. The highest BCUT2D eigenvalue weighted by Crippen LogP contribution is 2.11. The van der Waals surface area contributed by atoms with E-state index in [9.17, 15) is 0 Å². The highest BCUT2D eigenvalue weighted by atomic mass is 16.2. The fraction of sp³-hybridized carbons (Fsp3) is 0.857. The summed E-state index contributed by atoms with van der Waals surface area (Å²) in [6.45, 7) is 2.06. The van der Waals surface area contributed by atoms with E-state index in [1.807, 2.05) is 0 Å². The zero-order chi connectivity index (χ0) is 7.98. The molecule has 1 aliphatic rings. The Morgan fingerprint density at radius 2 is 2.20 bits per heavy atom. The van der Waals surface area contributed by atoms with Crippen LogP contribution >= 0.6 is 0 Å². The second kappa shape index (κ2) is 5.21. The minimum Gasteiger partial charge on any atom is -0.400 e. The first-order valence-corrected chi connectivity index (χ1v) is 3.36. The van der Waals surface area contributed by atoms with E-state index in [2.05, 4.69) is 18.0 Å². The smallest absolute Gasteiger partial charge is 0.0669 e. The molecule has 0 aromatic rings. The van der Waals surface area contributed by atoms with E-state index in [-0.39, 0.29) is 0 Å². The topological polar surface area (TPSA) is 47.3 Å². The molecule has 0 amide bonds. The first-order chi connectivity index (χ1) is 4.83. The van der Waals surface area contributed by atoms with Crippen LogP contribution < -0.4 is 0 Å². The highest BCUT2D eigenvalue weighted by molar-refractivity contribution is 4.89. The quantitative estimate of drug-likeness (QED) is 0.520. The molecule has 0 spiro atoms. The number of likely N-dealkylation sites (tertiary alicyclic amines) is 1. The number of nitrogens with zero attached hydrogens (tertiary/aromatic N) is 2. The van der Waals surface area contributed by atoms with Crippen LogP contribution in [0.25, 0.3) is 0 Å². The van der Waals surface area contributed by atoms with Gasteiger partial charge in [-0.3, -0.25) is 0 Å². The van der Waals surface area contributed by atoms with Gasteiger partial charge in [0.25, 0.3) is 0 Å². The third-order valence-electron chi connectivity index (χ3n) is 1.57. The Hall–Kier alpha value is -0.590. The second-order valence-electron chi connectivity index (χ2n) is 2.38. The first-order valence-electron chi connectivity index (χ1n) is 3.36. The van der Waals surface area contributed by atoms with Crippen molar-refractivity contribution in [1.29, 1.82) is 5.26 Å². The van der Waals surface area contributed by atoms with Crippen LogP contribution in [0.15, 0.2) is 0 Å². The summed E-state index contributed by atoms with van der Waals surface area (Å²) in [5, 5.41) is 15.4. The maximum absolute atomic E-state index is 8.41. The van der Waals surface area contributed by atoms with Crippen molar-refractivity contribution < 1.29 is 5.11 Å². The van der Waals surface area contributed by atoms with Crippen molar-refractivity contribution in [1.82, 2.24) is 4.90 Å². The monoisotopic (exact) mass is 142 g/mol. The molecule has 0 aromatic carbocycles. The maximum Gasteiger partial charge on any atom is 0.0669 e. The molecule has 0 bridgehead atoms. The van der Waals surface area contributed by atoms with E-state index in [1.54, 1.807) is 0 Å². The van der Waals surface area contributed by atoms with Crippen molar-refractivity contribution in [3.8, 4) is 6.07 Å². The Morgan fingerprint density at radius 3 is 2.40 bits per heavy atom. The predicted octanol–water partition coefficient (Wildman–Crippen LogP) is 0.0702. The Morgan fingerprint density at radius 1 is 1.60 bits per heavy atom. The van der Waals surface area contributed by atoms with Crippen LogP contribution in [-0.2, 0) is 0 Å². The van der Waals surface area contributed by atoms with Crippen LogP contribution in [0.4, 0.5) is 0 Å². The molecule has 3 heteroatoms. The van der Waals surface area contributed by atoms with E-state index in [0.29, 0.717) is 5.92 Å². The minimum atomic E-state index is 0.306. The minimum absolute atomic E-state index is 0.306. The summed E-state index contributed by atoms with van der Waals surface area (Å²) in [5.41, 5.74) is 0. The van der Waals surface area contributed by atoms with Crippen molar-refractivity contribution in [3.05, 3.63) is 0 Å². The number of hydrogen-bond acceptors (Lipinski definition) is 3. The lowest BCUT2D eigenvalue weighted by atomic mass is 10.1. The Bertz CT molecular complexity index is 119. The van der Waals surface area contributed by atoms with Gasteiger partial charge in [-0.15, -0.1) is 0 Å². The van der Waals surface area contributed by atoms with Crippen LogP contribution in [0.2, 0.25) is 0 Å². The van der Waals surface area contributed by atoms with Gasteiger partial charge in [0.15, 0.2) is 0 Å². The molecule has 0 aromatic heterocycles. The van der Waals surface area contributed by atoms with Gasteiger partial charge < -0.3 is 10.0 Å². The van der Waals surface area contributed by atoms with E-state index in [4.69, 9.17) is 10.4 Å². The fourth-order valence-electron chi connectivity index (χ4n) is 1.04. The van der Waals surface area contributed by atoms with Gasteiger partial charge in [0, 0.05) is 13.7 Å². The molecule has 1 aliphatic heterocycles. The summed E-state index contributed by atoms with van der Waals surface area (Å²) in [6, 6.07) is 2.25. The molecule has 3 nitrogen and oxygen atoms in total. The van der Waals surface area contributed by atoms with Crippen molar-refractivity contribution in [2.45, 2.75) is 6.42 Å². The molecule has 1 saturated heterocycles. The summed E-state index contributed by atoms with van der Waals surface area (Å²) in [6.07, 6.45) is 1.06. The first kappa shape index (κ1) is 9.41. The number of hydrogen-bond donors (Lipinski definition) is 1. The van der Waals surface area contributed by atoms with Gasteiger partial charge in [-0.1, -0.05) is 0 Å². The average molecular weight is 142 g/mol. The molecule has 1 N–H and O–H groups in total. The summed E-state index contributed by atoms with van der Waals surface area (Å²) in [7, 11) is 3.05. The number of rotatable bonds is 0. The van der Waals surface area contributed by atoms with Gasteiger partial charge in [0.2, 0.25) is 0 Å². The number of aliphatic hydroxyl groups excluding tert-OH is 1. The van der Waals surface area contributed by atoms with Crippen LogP contribution in [0.3, 0.4) is 0 Å². The van der Waals surface area contributed by atoms with E-state index in [0.717, 1.165) is 26.6 Å². The van der Waals surface area contributed by atoms with Crippen LogP contribution in [-0.4, -0.2) is 37.3 Å². The number of aliphatic hydroxyl groups is 1. The van der Waals surface area contributed by atoms with Gasteiger partial charge in [-0.25, -0.2) is 0 Å². The summed E-state index contributed by atoms with van der Waals surface area (Å²) in [4.78, 5) is 2.19. The van der Waals surface area contributed by atoms with Crippen molar-refractivity contribution in [2.75, 3.05) is 27.2 Å². The molecule has 1 heterocycles. The molecule has 0 saturated carbocycles. The Kier molecular flexibility index (Phi) is 4.91. The largest absolute Gasteiger partial charge is 0.400 e. The third kappa shape index (κ3) is 2.81. The van der Waals surface area contributed by atoms with Crippen molar-refractivity contribution >= 4 is 0 Å². The van der Waals surface area contributed by atoms with Gasteiger partial charge >= 0.3 is 0 Å². The lowest BCUT2D eigenvalue weighted by Crippen LogP contribution is -2.13. The third-order valence-corrected chi connectivity index (χ3v) is 1.57. The molecule has 1 unspecified atom stereocenters. The SMILES string of the molecule is CN1CCC(C#N)C1.CO. The number of nitriles is 1. The van der Waals surface area contributed by atoms with E-state index >= 15 is 0 Å². The molecular formula is C7H14N2O. The molecule has 1 atom stereocenters. The second-order valence-corrected chi connectivity index (χ2v) is 2.38. The normalized spacial score (nSPS) is 24.8. The van der Waals surface area contributed by atoms with Crippen molar-refractivity contribution in [3.63, 3.8) is 0 Å². The fourth-order valence-corrected chi connectivity index (χ4v) is 1.04. The van der Waals surface area contributed by atoms with Crippen LogP contribution in [0.1, 0.15) is 6.42 Å². The lowest BCUT2D eigenvalue weighted by Gasteiger charge is -2.02. The summed E-state index contributed by atoms with van der Waals surface area (Å²) in [5.74, 6) is 0.306. The average Bonchev–Trinajstić information content (AvgIpc) is 2.40. The molecule has 10 heavy (non-hydrogen) atoms. The summed E-state index contributed by atoms with van der Waals surface area (Å²) >= 11 is 0. The molecule has 1 rings (SSSR count). The lowest BCUT2D eigenvalue weighted by molar-refractivity contribution is 0.399. The molecular weight excluding hydrogens is 128 g/mol. The summed E-state index contributed by atoms with van der Waals surface area (Å²) < 4.78 is 0. The van der Waals surface area contributed by atoms with Gasteiger partial charge in [0.05, 0.1) is 12.0 Å². The van der Waals surface area contributed by atoms with Gasteiger partial charge in [-0.2, -0.15) is 5.26 Å². The zero-order valence-electron chi connectivity index (χ0n) is 6.54. The molecule has 58 valence electrons. The Labute approximate surface area is 61.9 Å². The maximum atomic E-state index is 8.41. The van der Waals surface area contributed by atoms with Gasteiger partial charge in [-0.05, 0) is 20.0 Å². The van der Waals surface area contributed by atoms with Crippen LogP contribution in [0, 0.1) is 17.2 Å². The van der Waals surface area contributed by atoms with Gasteiger partial charge in [0.1, 0.15) is 0 Å².